The standard InChI is InChI=1S/C27H25N2O.Pt/c1-27(2,3)26(23-13-6-7-14-24(23)30)29-18-19-9-8-11-21(17-19)25-22-12-5-4-10-20(22)15-16-28-25;/h4-16,30H,18H2,1-3H3;/q-1;. The predicted octanol–water partition coefficient (Wildman–Crippen LogP) is 6.44. The van der Waals surface area contributed by atoms with Crippen LogP contribution in [0.4, 0.5) is 0 Å². The zero-order chi connectivity index (χ0) is 21.1. The maximum absolute atomic E-state index is 10.3. The van der Waals surface area contributed by atoms with E-state index >= 15 is 0 Å². The van der Waals surface area contributed by atoms with Crippen LogP contribution in [0.2, 0.25) is 0 Å². The first-order valence-electron chi connectivity index (χ1n) is 10.1. The van der Waals surface area contributed by atoms with Crippen LogP contribution in [0, 0.1) is 11.5 Å². The second-order valence-corrected chi connectivity index (χ2v) is 8.40. The van der Waals surface area contributed by atoms with Crippen LogP contribution in [0.5, 0.6) is 5.75 Å². The minimum absolute atomic E-state index is 0. The van der Waals surface area contributed by atoms with Crippen molar-refractivity contribution < 1.29 is 26.2 Å². The molecule has 0 aliphatic rings. The van der Waals surface area contributed by atoms with Gasteiger partial charge in [0.25, 0.3) is 0 Å². The molecule has 4 aromatic rings. The van der Waals surface area contributed by atoms with Gasteiger partial charge in [-0.05, 0) is 34.7 Å². The molecule has 0 saturated carbocycles. The van der Waals surface area contributed by atoms with Gasteiger partial charge in [-0.25, -0.2) is 0 Å². The van der Waals surface area contributed by atoms with Gasteiger partial charge < -0.3 is 10.1 Å². The van der Waals surface area contributed by atoms with E-state index < -0.39 is 0 Å². The Morgan fingerprint density at radius 1 is 0.935 bits per heavy atom. The monoisotopic (exact) mass is 588 g/mol. The number of benzene rings is 3. The van der Waals surface area contributed by atoms with Crippen LogP contribution in [0.25, 0.3) is 22.0 Å². The molecule has 0 fully saturated rings. The minimum atomic E-state index is -0.201. The molecule has 0 spiro atoms. The molecule has 160 valence electrons. The van der Waals surface area contributed by atoms with Gasteiger partial charge in [0, 0.05) is 44.8 Å². The van der Waals surface area contributed by atoms with Crippen molar-refractivity contribution in [1.29, 1.82) is 0 Å². The molecule has 3 nitrogen and oxygen atoms in total. The van der Waals surface area contributed by atoms with Crippen molar-refractivity contribution in [3.63, 3.8) is 0 Å². The number of hydrogen-bond donors (Lipinski definition) is 1. The molecule has 4 rings (SSSR count). The van der Waals surface area contributed by atoms with E-state index in [0.29, 0.717) is 6.54 Å². The van der Waals surface area contributed by atoms with Crippen LogP contribution in [-0.2, 0) is 27.6 Å². The largest absolute Gasteiger partial charge is 0.507 e. The Morgan fingerprint density at radius 2 is 1.68 bits per heavy atom. The molecule has 3 aromatic carbocycles. The van der Waals surface area contributed by atoms with E-state index in [9.17, 15) is 5.11 Å². The molecule has 0 amide bonds. The first kappa shape index (κ1) is 22.9. The van der Waals surface area contributed by atoms with Crippen LogP contribution in [-0.4, -0.2) is 15.8 Å². The average molecular weight is 589 g/mol. The summed E-state index contributed by atoms with van der Waals surface area (Å²) in [5.74, 6) is 0.254. The summed E-state index contributed by atoms with van der Waals surface area (Å²) in [4.78, 5) is 9.51. The predicted molar refractivity (Wildman–Crippen MR) is 124 cm³/mol. The van der Waals surface area contributed by atoms with Gasteiger partial charge in [-0.2, -0.15) is 0 Å². The molecule has 1 aromatic heterocycles. The third-order valence-electron chi connectivity index (χ3n) is 5.06. The zero-order valence-corrected chi connectivity index (χ0v) is 20.1. The molecule has 0 aliphatic carbocycles. The van der Waals surface area contributed by atoms with Gasteiger partial charge in [0.1, 0.15) is 5.75 Å². The van der Waals surface area contributed by atoms with E-state index in [-0.39, 0.29) is 32.2 Å². The third kappa shape index (κ3) is 5.11. The van der Waals surface area contributed by atoms with E-state index in [0.717, 1.165) is 38.9 Å². The Labute approximate surface area is 198 Å². The maximum Gasteiger partial charge on any atom is 0.124 e. The molecule has 1 heterocycles. The van der Waals surface area contributed by atoms with E-state index in [2.05, 4.69) is 44.0 Å². The second kappa shape index (κ2) is 9.58. The molecule has 0 atom stereocenters. The summed E-state index contributed by atoms with van der Waals surface area (Å²) in [5, 5.41) is 12.6. The van der Waals surface area contributed by atoms with E-state index in [4.69, 9.17) is 4.99 Å². The third-order valence-corrected chi connectivity index (χ3v) is 5.06. The number of para-hydroxylation sites is 1. The van der Waals surface area contributed by atoms with E-state index in [1.165, 1.54) is 0 Å². The number of aromatic nitrogens is 1. The van der Waals surface area contributed by atoms with Crippen molar-refractivity contribution in [3.05, 3.63) is 96.2 Å². The normalized spacial score (nSPS) is 11.9. The fraction of sp³-hybridized carbons (Fsp3) is 0.185. The number of phenols is 1. The van der Waals surface area contributed by atoms with Crippen molar-refractivity contribution in [2.45, 2.75) is 27.3 Å². The van der Waals surface area contributed by atoms with Crippen molar-refractivity contribution in [1.82, 2.24) is 4.98 Å². The number of nitrogens with zero attached hydrogens (tertiary/aromatic N) is 2. The zero-order valence-electron chi connectivity index (χ0n) is 17.9. The Morgan fingerprint density at radius 3 is 2.45 bits per heavy atom. The number of phenolic OH excluding ortho intramolecular Hbond substituents is 1. The van der Waals surface area contributed by atoms with Crippen molar-refractivity contribution in [2.24, 2.45) is 10.4 Å². The second-order valence-electron chi connectivity index (χ2n) is 8.40. The van der Waals surface area contributed by atoms with Gasteiger partial charge in [0.2, 0.25) is 0 Å². The Kier molecular flexibility index (Phi) is 7.07. The molecule has 31 heavy (non-hydrogen) atoms. The van der Waals surface area contributed by atoms with Gasteiger partial charge >= 0.3 is 0 Å². The molecule has 0 radical (unpaired) electrons. The number of aromatic hydroxyl groups is 1. The van der Waals surface area contributed by atoms with Crippen LogP contribution >= 0.6 is 0 Å². The summed E-state index contributed by atoms with van der Waals surface area (Å²) in [6.45, 7) is 6.81. The van der Waals surface area contributed by atoms with Gasteiger partial charge in [-0.3, -0.25) is 4.99 Å². The van der Waals surface area contributed by atoms with Gasteiger partial charge in [0.05, 0.1) is 5.71 Å². The Balaban J connectivity index is 0.00000272. The van der Waals surface area contributed by atoms with E-state index in [1.54, 1.807) is 6.07 Å². The minimum Gasteiger partial charge on any atom is -0.507 e. The van der Waals surface area contributed by atoms with Crippen molar-refractivity contribution >= 4 is 16.5 Å². The molecule has 1 N–H and O–H groups in total. The summed E-state index contributed by atoms with van der Waals surface area (Å²) < 4.78 is 0. The van der Waals surface area contributed by atoms with Crippen LogP contribution in [0.3, 0.4) is 0 Å². The number of aliphatic imine (C=N–C) groups is 1. The number of rotatable bonds is 4. The summed E-state index contributed by atoms with van der Waals surface area (Å²) in [6, 6.07) is 27.2. The summed E-state index contributed by atoms with van der Waals surface area (Å²) in [6.07, 6.45) is 1.84. The molecule has 0 unspecified atom stereocenters. The summed E-state index contributed by atoms with van der Waals surface area (Å²) in [7, 11) is 0. The van der Waals surface area contributed by atoms with Gasteiger partial charge in [0.15, 0.2) is 0 Å². The van der Waals surface area contributed by atoms with E-state index in [1.807, 2.05) is 60.8 Å². The fourth-order valence-electron chi connectivity index (χ4n) is 3.65. The Hall–Kier alpha value is -2.77. The smallest absolute Gasteiger partial charge is 0.124 e. The van der Waals surface area contributed by atoms with Crippen molar-refractivity contribution in [3.8, 4) is 17.0 Å². The van der Waals surface area contributed by atoms with Crippen LogP contribution in [0.1, 0.15) is 31.9 Å². The fourth-order valence-corrected chi connectivity index (χ4v) is 3.65. The van der Waals surface area contributed by atoms with Gasteiger partial charge in [-0.1, -0.05) is 57.2 Å². The number of pyridine rings is 1. The Bertz CT molecular complexity index is 1220. The topological polar surface area (TPSA) is 45.5 Å². The maximum atomic E-state index is 10.3. The molecular weight excluding hydrogens is 563 g/mol. The van der Waals surface area contributed by atoms with Gasteiger partial charge in [-0.15, -0.1) is 35.4 Å². The molecular formula is C27H25N2OPt-. The molecule has 4 heteroatoms. The first-order chi connectivity index (χ1) is 14.4. The number of fused-ring (bicyclic) bond motifs is 1. The van der Waals surface area contributed by atoms with Crippen LogP contribution in [0.15, 0.2) is 84.0 Å². The molecule has 0 bridgehead atoms. The first-order valence-corrected chi connectivity index (χ1v) is 10.1. The summed E-state index contributed by atoms with van der Waals surface area (Å²) >= 11 is 0. The quantitative estimate of drug-likeness (QED) is 0.220. The SMILES string of the molecule is CC(C)(C)C(=NCc1[c-]c(-c2nccc3ccccc23)ccc1)c1ccccc1O.[Pt]. The summed E-state index contributed by atoms with van der Waals surface area (Å²) in [5.41, 5.74) is 4.32. The van der Waals surface area contributed by atoms with Crippen LogP contribution < -0.4 is 0 Å². The molecule has 0 aliphatic heterocycles. The number of hydrogen-bond acceptors (Lipinski definition) is 3. The molecule has 0 saturated heterocycles. The average Bonchev–Trinajstić information content (AvgIpc) is 2.74. The van der Waals surface area contributed by atoms with Crippen molar-refractivity contribution in [2.75, 3.05) is 0 Å².